The van der Waals surface area contributed by atoms with E-state index in [0.717, 1.165) is 21.6 Å². The molecule has 0 bridgehead atoms. The van der Waals surface area contributed by atoms with Crippen LogP contribution in [-0.4, -0.2) is 19.8 Å². The van der Waals surface area contributed by atoms with Crippen molar-refractivity contribution in [3.8, 4) is 0 Å². The number of nitrogens with one attached hydrogen (secondary N) is 1. The third-order valence-corrected chi connectivity index (χ3v) is 4.83. The molecule has 2 N–H and O–H groups in total. The number of hydrogen-bond acceptors (Lipinski definition) is 5. The maximum Gasteiger partial charge on any atom is 0.209 e. The first kappa shape index (κ1) is 13.7. The van der Waals surface area contributed by atoms with Gasteiger partial charge in [0.05, 0.1) is 6.26 Å². The normalized spacial score (nSPS) is 13.7. The van der Waals surface area contributed by atoms with Gasteiger partial charge < -0.3 is 5.11 Å². The summed E-state index contributed by atoms with van der Waals surface area (Å²) in [6.07, 6.45) is 0.495. The molecule has 0 radical (unpaired) electrons. The molecule has 2 rings (SSSR count). The van der Waals surface area contributed by atoms with Crippen LogP contribution in [0.5, 0.6) is 0 Å². The van der Waals surface area contributed by atoms with E-state index in [1.54, 1.807) is 0 Å². The lowest BCUT2D eigenvalue weighted by Crippen LogP contribution is -2.20. The molecule has 0 aliphatic heterocycles. The number of thiophene rings is 2. The molecule has 0 aliphatic rings. The maximum atomic E-state index is 11.0. The summed E-state index contributed by atoms with van der Waals surface area (Å²) in [5.41, 5.74) is 0.865. The monoisotopic (exact) mass is 303 g/mol. The van der Waals surface area contributed by atoms with Crippen LogP contribution >= 0.6 is 22.7 Å². The molecule has 2 aromatic rings. The molecule has 98 valence electrons. The van der Waals surface area contributed by atoms with Gasteiger partial charge in [-0.15, -0.1) is 11.3 Å². The van der Waals surface area contributed by atoms with Gasteiger partial charge in [0.1, 0.15) is 6.10 Å². The molecule has 0 saturated heterocycles. The van der Waals surface area contributed by atoms with E-state index < -0.39 is 16.1 Å². The SMILES string of the molecule is CS(=O)(=O)NCc1ccc(C(O)c2ccsc2)s1. The summed E-state index contributed by atoms with van der Waals surface area (Å²) < 4.78 is 24.4. The van der Waals surface area contributed by atoms with Crippen LogP contribution in [0.1, 0.15) is 21.4 Å². The van der Waals surface area contributed by atoms with Crippen LogP contribution < -0.4 is 4.72 Å². The summed E-state index contributed by atoms with van der Waals surface area (Å²) in [4.78, 5) is 1.70. The van der Waals surface area contributed by atoms with Gasteiger partial charge in [-0.2, -0.15) is 11.3 Å². The van der Waals surface area contributed by atoms with Gasteiger partial charge in [-0.25, -0.2) is 13.1 Å². The Bertz CT molecular complexity index is 601. The average molecular weight is 303 g/mol. The van der Waals surface area contributed by atoms with E-state index in [1.165, 1.54) is 22.7 Å². The Morgan fingerprint density at radius 3 is 2.78 bits per heavy atom. The highest BCUT2D eigenvalue weighted by Crippen LogP contribution is 2.29. The molecule has 0 aliphatic carbocycles. The van der Waals surface area contributed by atoms with Crippen molar-refractivity contribution in [2.24, 2.45) is 0 Å². The predicted octanol–water partition coefficient (Wildman–Crippen LogP) is 1.94. The van der Waals surface area contributed by atoms with Crippen LogP contribution in [-0.2, 0) is 16.6 Å². The number of aliphatic hydroxyl groups excluding tert-OH is 1. The fraction of sp³-hybridized carbons (Fsp3) is 0.273. The second-order valence-electron chi connectivity index (χ2n) is 3.86. The van der Waals surface area contributed by atoms with E-state index in [9.17, 15) is 13.5 Å². The third-order valence-electron chi connectivity index (χ3n) is 2.32. The zero-order valence-corrected chi connectivity index (χ0v) is 12.1. The molecule has 18 heavy (non-hydrogen) atoms. The van der Waals surface area contributed by atoms with Crippen LogP contribution in [0.25, 0.3) is 0 Å². The van der Waals surface area contributed by atoms with Crippen LogP contribution in [0.15, 0.2) is 29.0 Å². The third kappa shape index (κ3) is 3.63. The summed E-state index contributed by atoms with van der Waals surface area (Å²) in [6, 6.07) is 5.53. The van der Waals surface area contributed by atoms with Crippen molar-refractivity contribution in [3.05, 3.63) is 44.3 Å². The highest BCUT2D eigenvalue weighted by molar-refractivity contribution is 7.88. The number of sulfonamides is 1. The lowest BCUT2D eigenvalue weighted by molar-refractivity contribution is 0.224. The summed E-state index contributed by atoms with van der Waals surface area (Å²) >= 11 is 2.94. The van der Waals surface area contributed by atoms with Gasteiger partial charge in [-0.05, 0) is 34.5 Å². The van der Waals surface area contributed by atoms with Crippen LogP contribution in [0.2, 0.25) is 0 Å². The number of hydrogen-bond donors (Lipinski definition) is 2. The van der Waals surface area contributed by atoms with Gasteiger partial charge in [0.25, 0.3) is 0 Å². The van der Waals surface area contributed by atoms with E-state index in [-0.39, 0.29) is 6.54 Å². The van der Waals surface area contributed by atoms with Crippen molar-refractivity contribution < 1.29 is 13.5 Å². The topological polar surface area (TPSA) is 66.4 Å². The first-order chi connectivity index (χ1) is 8.46. The highest BCUT2D eigenvalue weighted by atomic mass is 32.2. The first-order valence-corrected chi connectivity index (χ1v) is 8.84. The van der Waals surface area contributed by atoms with Gasteiger partial charge in [-0.1, -0.05) is 0 Å². The van der Waals surface area contributed by atoms with E-state index in [4.69, 9.17) is 0 Å². The molecule has 0 fully saturated rings. The van der Waals surface area contributed by atoms with Crippen molar-refractivity contribution in [1.29, 1.82) is 0 Å². The zero-order valence-electron chi connectivity index (χ0n) is 9.66. The van der Waals surface area contributed by atoms with Gasteiger partial charge in [0, 0.05) is 16.3 Å². The molecule has 1 atom stereocenters. The summed E-state index contributed by atoms with van der Waals surface area (Å²) in [6.45, 7) is 0.264. The molecule has 1 unspecified atom stereocenters. The highest BCUT2D eigenvalue weighted by Gasteiger charge is 2.13. The van der Waals surface area contributed by atoms with Crippen LogP contribution in [0.3, 0.4) is 0 Å². The van der Waals surface area contributed by atoms with Crippen molar-refractivity contribution >= 4 is 32.7 Å². The van der Waals surface area contributed by atoms with E-state index >= 15 is 0 Å². The van der Waals surface area contributed by atoms with Crippen molar-refractivity contribution in [2.45, 2.75) is 12.6 Å². The summed E-state index contributed by atoms with van der Waals surface area (Å²) in [7, 11) is -3.18. The second-order valence-corrected chi connectivity index (χ2v) is 7.67. The van der Waals surface area contributed by atoms with E-state index in [0.29, 0.717) is 0 Å². The van der Waals surface area contributed by atoms with Gasteiger partial charge >= 0.3 is 0 Å². The van der Waals surface area contributed by atoms with E-state index in [1.807, 2.05) is 29.0 Å². The standard InChI is InChI=1S/C11H13NO3S3/c1-18(14,15)12-6-9-2-3-10(17-9)11(13)8-4-5-16-7-8/h2-5,7,11-13H,6H2,1H3. The Labute approximate surface area is 114 Å². The van der Waals surface area contributed by atoms with Crippen LogP contribution in [0.4, 0.5) is 0 Å². The number of aliphatic hydroxyl groups is 1. The van der Waals surface area contributed by atoms with Gasteiger partial charge in [-0.3, -0.25) is 0 Å². The van der Waals surface area contributed by atoms with Crippen molar-refractivity contribution in [1.82, 2.24) is 4.72 Å². The van der Waals surface area contributed by atoms with E-state index in [2.05, 4.69) is 4.72 Å². The fourth-order valence-electron chi connectivity index (χ4n) is 1.43. The molecule has 0 spiro atoms. The molecular weight excluding hydrogens is 290 g/mol. The van der Waals surface area contributed by atoms with Crippen molar-refractivity contribution in [3.63, 3.8) is 0 Å². The molecule has 0 amide bonds. The molecule has 7 heteroatoms. The summed E-state index contributed by atoms with van der Waals surface area (Å²) in [5.74, 6) is 0. The maximum absolute atomic E-state index is 11.0. The lowest BCUT2D eigenvalue weighted by atomic mass is 10.2. The van der Waals surface area contributed by atoms with Crippen molar-refractivity contribution in [2.75, 3.05) is 6.26 Å². The second kappa shape index (κ2) is 5.50. The predicted molar refractivity (Wildman–Crippen MR) is 74.4 cm³/mol. The molecule has 4 nitrogen and oxygen atoms in total. The Morgan fingerprint density at radius 1 is 1.39 bits per heavy atom. The fourth-order valence-corrected chi connectivity index (χ4v) is 3.59. The summed E-state index contributed by atoms with van der Waals surface area (Å²) in [5, 5.41) is 13.9. The smallest absolute Gasteiger partial charge is 0.209 e. The van der Waals surface area contributed by atoms with Gasteiger partial charge in [0.2, 0.25) is 10.0 Å². The Kier molecular flexibility index (Phi) is 4.18. The Morgan fingerprint density at radius 2 is 2.17 bits per heavy atom. The molecule has 2 heterocycles. The minimum atomic E-state index is -3.18. The molecule has 2 aromatic heterocycles. The minimum Gasteiger partial charge on any atom is -0.383 e. The average Bonchev–Trinajstić information content (AvgIpc) is 2.96. The molecular formula is C11H13NO3S3. The quantitative estimate of drug-likeness (QED) is 0.887. The molecule has 0 aromatic carbocycles. The first-order valence-electron chi connectivity index (χ1n) is 5.19. The Balaban J connectivity index is 2.06. The minimum absolute atomic E-state index is 0.264. The largest absolute Gasteiger partial charge is 0.383 e. The zero-order chi connectivity index (χ0) is 13.2. The Hall–Kier alpha value is -0.730. The van der Waals surface area contributed by atoms with Crippen LogP contribution in [0, 0.1) is 0 Å². The lowest BCUT2D eigenvalue weighted by Gasteiger charge is -2.05. The molecule has 0 saturated carbocycles. The number of rotatable bonds is 5. The van der Waals surface area contributed by atoms with Gasteiger partial charge in [0.15, 0.2) is 0 Å².